The maximum absolute atomic E-state index is 14.4. The first-order chi connectivity index (χ1) is 32.0. The number of thiazole rings is 1. The van der Waals surface area contributed by atoms with Crippen molar-refractivity contribution >= 4 is 69.4 Å². The summed E-state index contributed by atoms with van der Waals surface area (Å²) in [6.07, 6.45) is 8.40. The predicted molar refractivity (Wildman–Crippen MR) is 248 cm³/mol. The number of fused-ring (bicyclic) bond motifs is 2. The summed E-state index contributed by atoms with van der Waals surface area (Å²) in [5.74, 6) is -1.64. The van der Waals surface area contributed by atoms with E-state index < -0.39 is 29.7 Å². The van der Waals surface area contributed by atoms with E-state index in [1.54, 1.807) is 28.2 Å². The Kier molecular flexibility index (Phi) is 13.7. The summed E-state index contributed by atoms with van der Waals surface area (Å²) >= 11 is 2.94. The van der Waals surface area contributed by atoms with Gasteiger partial charge in [-0.2, -0.15) is 0 Å². The number of phenols is 1. The first-order valence-corrected chi connectivity index (χ1v) is 24.7. The molecule has 6 heterocycles. The van der Waals surface area contributed by atoms with Crippen LogP contribution in [0.3, 0.4) is 0 Å². The number of nitrogens with zero attached hydrogens (tertiary/aromatic N) is 6. The van der Waals surface area contributed by atoms with Crippen LogP contribution in [0.4, 0.5) is 15.2 Å². The largest absolute Gasteiger partial charge is 0.508 e. The number of imide groups is 1. The number of anilines is 2. The number of hydrogen-bond acceptors (Lipinski definition) is 12. The number of benzene rings is 3. The van der Waals surface area contributed by atoms with Gasteiger partial charge in [0.25, 0.3) is 17.7 Å². The van der Waals surface area contributed by atoms with Crippen LogP contribution in [-0.4, -0.2) is 122 Å². The molecule has 15 nitrogen and oxygen atoms in total. The number of aromatic nitrogens is 1. The number of aromatic hydroxyl groups is 1. The third-order valence-electron chi connectivity index (χ3n) is 13.5. The van der Waals surface area contributed by atoms with Gasteiger partial charge in [0.1, 0.15) is 23.7 Å². The minimum absolute atomic E-state index is 0.00544. The minimum Gasteiger partial charge on any atom is -0.508 e. The van der Waals surface area contributed by atoms with Crippen molar-refractivity contribution in [3.63, 3.8) is 0 Å². The normalized spacial score (nSPS) is 19.6. The van der Waals surface area contributed by atoms with Gasteiger partial charge in [-0.1, -0.05) is 25.0 Å². The molecular formula is C48H53FN8O7S2. The van der Waals surface area contributed by atoms with Crippen LogP contribution in [0.15, 0.2) is 71.1 Å². The van der Waals surface area contributed by atoms with E-state index >= 15 is 0 Å². The predicted octanol–water partition coefficient (Wildman–Crippen LogP) is 5.94. The highest BCUT2D eigenvalue weighted by atomic mass is 32.2. The molecule has 4 aromatic rings. The topological polar surface area (TPSA) is 176 Å². The van der Waals surface area contributed by atoms with Crippen LogP contribution < -0.4 is 15.5 Å². The Morgan fingerprint density at radius 1 is 0.894 bits per heavy atom. The summed E-state index contributed by atoms with van der Waals surface area (Å²) in [5, 5.41) is 17.8. The summed E-state index contributed by atoms with van der Waals surface area (Å²) in [4.78, 5) is 93.0. The van der Waals surface area contributed by atoms with Crippen LogP contribution in [0.2, 0.25) is 0 Å². The zero-order valence-electron chi connectivity index (χ0n) is 36.6. The number of halogens is 1. The third-order valence-corrected chi connectivity index (χ3v) is 15.4. The number of piperazine rings is 1. The molecular weight excluding hydrogens is 884 g/mol. The number of phenolic OH excluding ortho intramolecular Hbond substituents is 1. The Labute approximate surface area is 390 Å². The highest BCUT2D eigenvalue weighted by Crippen LogP contribution is 2.39. The van der Waals surface area contributed by atoms with Crippen molar-refractivity contribution in [3.8, 4) is 5.75 Å². The molecule has 0 saturated carbocycles. The number of hydrogen-bond donors (Lipinski definition) is 3. The van der Waals surface area contributed by atoms with Crippen LogP contribution in [0, 0.1) is 5.82 Å². The van der Waals surface area contributed by atoms with Crippen LogP contribution in [0.25, 0.3) is 0 Å². The molecule has 66 heavy (non-hydrogen) atoms. The molecule has 0 aliphatic carbocycles. The Hall–Kier alpha value is -5.85. The molecule has 3 aromatic carbocycles. The molecule has 6 amide bonds. The quantitative estimate of drug-likeness (QED) is 0.0731. The number of unbranched alkanes of at least 4 members (excludes halogenated alkanes) is 3. The molecule has 9 rings (SSSR count). The fourth-order valence-electron chi connectivity index (χ4n) is 9.96. The fraction of sp³-hybridized carbons (Fsp3) is 0.438. The van der Waals surface area contributed by atoms with Gasteiger partial charge in [0.2, 0.25) is 17.7 Å². The molecule has 1 aromatic heterocycles. The van der Waals surface area contributed by atoms with Crippen molar-refractivity contribution in [2.24, 2.45) is 0 Å². The van der Waals surface area contributed by atoms with Gasteiger partial charge in [0, 0.05) is 110 Å². The lowest BCUT2D eigenvalue weighted by molar-refractivity contribution is -0.137. The minimum atomic E-state index is -1.29. The maximum atomic E-state index is 14.4. The van der Waals surface area contributed by atoms with Gasteiger partial charge >= 0.3 is 0 Å². The Morgan fingerprint density at radius 3 is 2.47 bits per heavy atom. The zero-order valence-corrected chi connectivity index (χ0v) is 38.2. The number of carbonyl (C=O) groups excluding carboxylic acids is 6. The molecule has 5 aliphatic heterocycles. The second-order valence-corrected chi connectivity index (χ2v) is 19.6. The number of piperidine rings is 2. The Balaban J connectivity index is 0.690. The lowest BCUT2D eigenvalue weighted by Crippen LogP contribution is -2.54. The Bertz CT molecular complexity index is 2510. The lowest BCUT2D eigenvalue weighted by Gasteiger charge is -2.43. The summed E-state index contributed by atoms with van der Waals surface area (Å²) in [6, 6.07) is 13.4. The summed E-state index contributed by atoms with van der Waals surface area (Å²) < 4.78 is 14.4. The van der Waals surface area contributed by atoms with Gasteiger partial charge in [0.15, 0.2) is 5.13 Å². The third kappa shape index (κ3) is 9.67. The highest BCUT2D eigenvalue weighted by molar-refractivity contribution is 7.99. The van der Waals surface area contributed by atoms with Gasteiger partial charge < -0.3 is 24.7 Å². The molecule has 346 valence electrons. The summed E-state index contributed by atoms with van der Waals surface area (Å²) in [6.45, 7) is 5.25. The number of thioether (sulfide) groups is 1. The smallest absolute Gasteiger partial charge is 0.255 e. The zero-order chi connectivity index (χ0) is 45.9. The van der Waals surface area contributed by atoms with E-state index in [9.17, 15) is 38.3 Å². The number of rotatable bonds is 15. The van der Waals surface area contributed by atoms with Gasteiger partial charge in [-0.05, 0) is 91.4 Å². The molecule has 3 fully saturated rings. The van der Waals surface area contributed by atoms with E-state index in [0.717, 1.165) is 117 Å². The number of nitrogens with one attached hydrogen (secondary N) is 2. The van der Waals surface area contributed by atoms with Crippen LogP contribution >= 0.6 is 23.1 Å². The number of carbonyl (C=O) groups is 6. The highest BCUT2D eigenvalue weighted by Gasteiger charge is 2.41. The van der Waals surface area contributed by atoms with E-state index in [-0.39, 0.29) is 47.9 Å². The number of amides is 6. The molecule has 0 bridgehead atoms. The van der Waals surface area contributed by atoms with E-state index in [4.69, 9.17) is 0 Å². The maximum Gasteiger partial charge on any atom is 0.255 e. The SMILES string of the molecule is O=C1CCC(N2Cc3c(SCCCCCCC(=O)N4CCN(C5CCN(c6ccc7c(c6)C(=O)N(C(C(=O)Nc6nccs6)c6cc(F)ccc6O)C7)CC5)CC4)cccc3C2=O)C(=O)N1. The molecule has 2 atom stereocenters. The molecule has 5 aliphatic rings. The lowest BCUT2D eigenvalue weighted by atomic mass is 10.0. The monoisotopic (exact) mass is 936 g/mol. The summed E-state index contributed by atoms with van der Waals surface area (Å²) in [5.41, 5.74) is 3.73. The Morgan fingerprint density at radius 2 is 1.70 bits per heavy atom. The van der Waals surface area contributed by atoms with Crippen molar-refractivity contribution < 1.29 is 38.3 Å². The van der Waals surface area contributed by atoms with Gasteiger partial charge in [-0.3, -0.25) is 44.3 Å². The average Bonchev–Trinajstić information content (AvgIpc) is 4.05. The van der Waals surface area contributed by atoms with Gasteiger partial charge in [-0.15, -0.1) is 23.1 Å². The van der Waals surface area contributed by atoms with Crippen molar-refractivity contribution in [1.29, 1.82) is 0 Å². The average molecular weight is 937 g/mol. The standard InChI is InChI=1S/C48H53FN8O7S2/c49-31-10-13-39(58)36(26-31)43(45(62)52-48-50-17-25-66-48)57-28-30-9-11-33(27-35(30)47(57)64)53-18-15-32(16-19-53)54-20-22-55(23-21-54)42(60)8-3-1-2-4-24-65-40-7-5-6-34-37(40)29-56(46(34)63)38-12-14-41(59)51-44(38)61/h5-7,9-11,13,17,25-27,32,38,43,58H,1-4,8,12,14-16,18-24,28-29H2,(H,50,52,62)(H,51,59,61). The second kappa shape index (κ2) is 19.9. The van der Waals surface area contributed by atoms with Crippen molar-refractivity contribution in [2.75, 3.05) is 55.2 Å². The van der Waals surface area contributed by atoms with Crippen LogP contribution in [0.1, 0.15) is 101 Å². The second-order valence-electron chi connectivity index (χ2n) is 17.5. The molecule has 3 N–H and O–H groups in total. The van der Waals surface area contributed by atoms with E-state index in [2.05, 4.69) is 25.4 Å². The first-order valence-electron chi connectivity index (χ1n) is 22.8. The van der Waals surface area contributed by atoms with E-state index in [1.165, 1.54) is 22.3 Å². The molecule has 0 radical (unpaired) electrons. The molecule has 0 spiro atoms. The van der Waals surface area contributed by atoms with Gasteiger partial charge in [0.05, 0.1) is 0 Å². The molecule has 18 heteroatoms. The summed E-state index contributed by atoms with van der Waals surface area (Å²) in [7, 11) is 0. The van der Waals surface area contributed by atoms with Crippen molar-refractivity contribution in [2.45, 2.75) is 93.9 Å². The molecule has 2 unspecified atom stereocenters. The van der Waals surface area contributed by atoms with Gasteiger partial charge in [-0.25, -0.2) is 9.37 Å². The van der Waals surface area contributed by atoms with E-state index in [1.807, 2.05) is 41.3 Å². The van der Waals surface area contributed by atoms with Crippen molar-refractivity contribution in [1.82, 2.24) is 29.9 Å². The fourth-order valence-corrected chi connectivity index (χ4v) is 11.6. The first kappa shape index (κ1) is 45.3. The van der Waals surface area contributed by atoms with E-state index in [0.29, 0.717) is 41.7 Å². The molecule has 3 saturated heterocycles. The van der Waals surface area contributed by atoms with Crippen LogP contribution in [-0.2, 0) is 32.3 Å². The van der Waals surface area contributed by atoms with Crippen molar-refractivity contribution in [3.05, 3.63) is 99.8 Å². The van der Waals surface area contributed by atoms with Crippen LogP contribution in [0.5, 0.6) is 5.75 Å².